The minimum Gasteiger partial charge on any atom is -0.459 e. The highest BCUT2D eigenvalue weighted by molar-refractivity contribution is 6.07. The second-order valence-corrected chi connectivity index (χ2v) is 6.57. The molecule has 0 aliphatic heterocycles. The fourth-order valence-electron chi connectivity index (χ4n) is 3.08. The molecule has 28 heavy (non-hydrogen) atoms. The molecule has 0 spiro atoms. The van der Waals surface area contributed by atoms with Gasteiger partial charge in [-0.1, -0.05) is 38.1 Å². The molecule has 5 nitrogen and oxygen atoms in total. The molecule has 144 valence electrons. The highest BCUT2D eigenvalue weighted by atomic mass is 16.3. The van der Waals surface area contributed by atoms with Gasteiger partial charge < -0.3 is 15.1 Å². The van der Waals surface area contributed by atoms with Crippen LogP contribution in [0.5, 0.6) is 0 Å². The molecular formula is C23H24N2O3. The van der Waals surface area contributed by atoms with Gasteiger partial charge in [0.2, 0.25) is 0 Å². The van der Waals surface area contributed by atoms with E-state index in [9.17, 15) is 9.59 Å². The molecule has 0 unspecified atom stereocenters. The van der Waals surface area contributed by atoms with E-state index in [1.807, 2.05) is 31.2 Å². The van der Waals surface area contributed by atoms with Crippen molar-refractivity contribution < 1.29 is 14.0 Å². The van der Waals surface area contributed by atoms with E-state index in [1.54, 1.807) is 24.3 Å². The number of nitrogens with one attached hydrogen (secondary N) is 2. The van der Waals surface area contributed by atoms with Crippen molar-refractivity contribution in [2.24, 2.45) is 0 Å². The predicted molar refractivity (Wildman–Crippen MR) is 111 cm³/mol. The molecule has 2 amide bonds. The van der Waals surface area contributed by atoms with Crippen LogP contribution >= 0.6 is 0 Å². The zero-order valence-corrected chi connectivity index (χ0v) is 16.3. The fraction of sp³-hybridized carbons (Fsp3) is 0.217. The molecule has 0 aliphatic carbocycles. The van der Waals surface area contributed by atoms with Gasteiger partial charge in [0.05, 0.1) is 6.26 Å². The standard InChI is InChI=1S/C23H24N2O3/c1-4-16-8-6-9-17(5-2)21(16)25-22(26)18-12-11-15(3)19(14-18)24-23(27)20-10-7-13-28-20/h6-14H,4-5H2,1-3H3,(H,24,27)(H,25,26). The van der Waals surface area contributed by atoms with Crippen molar-refractivity contribution in [3.8, 4) is 0 Å². The molecule has 0 saturated heterocycles. The summed E-state index contributed by atoms with van der Waals surface area (Å²) in [5.41, 5.74) is 5.00. The Kier molecular flexibility index (Phi) is 5.94. The van der Waals surface area contributed by atoms with E-state index < -0.39 is 0 Å². The zero-order chi connectivity index (χ0) is 20.1. The summed E-state index contributed by atoms with van der Waals surface area (Å²) in [6.07, 6.45) is 3.12. The largest absolute Gasteiger partial charge is 0.459 e. The van der Waals surface area contributed by atoms with Gasteiger partial charge in [-0.15, -0.1) is 0 Å². The third-order valence-corrected chi connectivity index (χ3v) is 4.73. The third kappa shape index (κ3) is 4.14. The Morgan fingerprint density at radius 1 is 0.893 bits per heavy atom. The average molecular weight is 376 g/mol. The molecule has 2 aromatic carbocycles. The van der Waals surface area contributed by atoms with E-state index in [0.29, 0.717) is 11.3 Å². The van der Waals surface area contributed by atoms with Crippen molar-refractivity contribution >= 4 is 23.2 Å². The summed E-state index contributed by atoms with van der Waals surface area (Å²) in [5, 5.41) is 5.86. The minimum atomic E-state index is -0.352. The van der Waals surface area contributed by atoms with Crippen molar-refractivity contribution in [1.29, 1.82) is 0 Å². The van der Waals surface area contributed by atoms with Gasteiger partial charge in [-0.25, -0.2) is 0 Å². The summed E-state index contributed by atoms with van der Waals surface area (Å²) >= 11 is 0. The summed E-state index contributed by atoms with van der Waals surface area (Å²) in [5.74, 6) is -0.335. The van der Waals surface area contributed by atoms with Crippen LogP contribution in [0.15, 0.2) is 59.2 Å². The number of para-hydroxylation sites is 1. The first-order valence-electron chi connectivity index (χ1n) is 9.41. The third-order valence-electron chi connectivity index (χ3n) is 4.73. The number of hydrogen-bond donors (Lipinski definition) is 2. The molecule has 0 saturated carbocycles. The van der Waals surface area contributed by atoms with E-state index in [2.05, 4.69) is 24.5 Å². The topological polar surface area (TPSA) is 71.3 Å². The average Bonchev–Trinajstić information content (AvgIpc) is 3.24. The van der Waals surface area contributed by atoms with Crippen LogP contribution in [0.4, 0.5) is 11.4 Å². The quantitative estimate of drug-likeness (QED) is 0.620. The van der Waals surface area contributed by atoms with Gasteiger partial charge in [-0.2, -0.15) is 0 Å². The number of carbonyl (C=O) groups is 2. The summed E-state index contributed by atoms with van der Waals surface area (Å²) in [7, 11) is 0. The van der Waals surface area contributed by atoms with Gasteiger partial charge in [0.15, 0.2) is 5.76 Å². The van der Waals surface area contributed by atoms with E-state index in [-0.39, 0.29) is 17.6 Å². The molecule has 1 heterocycles. The van der Waals surface area contributed by atoms with Crippen LogP contribution < -0.4 is 10.6 Å². The van der Waals surface area contributed by atoms with E-state index >= 15 is 0 Å². The molecule has 0 atom stereocenters. The first-order chi connectivity index (χ1) is 13.5. The molecule has 5 heteroatoms. The second-order valence-electron chi connectivity index (χ2n) is 6.57. The highest BCUT2D eigenvalue weighted by Gasteiger charge is 2.15. The normalized spacial score (nSPS) is 10.5. The lowest BCUT2D eigenvalue weighted by Crippen LogP contribution is -2.16. The molecule has 3 aromatic rings. The number of benzene rings is 2. The summed E-state index contributed by atoms with van der Waals surface area (Å²) in [4.78, 5) is 25.1. The van der Waals surface area contributed by atoms with Crippen LogP contribution in [0.2, 0.25) is 0 Å². The van der Waals surface area contributed by atoms with Crippen molar-refractivity contribution in [3.05, 3.63) is 82.8 Å². The lowest BCUT2D eigenvalue weighted by atomic mass is 10.0. The highest BCUT2D eigenvalue weighted by Crippen LogP contribution is 2.24. The summed E-state index contributed by atoms with van der Waals surface area (Å²) < 4.78 is 5.12. The number of amides is 2. The Bertz CT molecular complexity index is 969. The summed E-state index contributed by atoms with van der Waals surface area (Å²) in [6.45, 7) is 6.01. The molecule has 0 bridgehead atoms. The van der Waals surface area contributed by atoms with Gasteiger partial charge >= 0.3 is 0 Å². The Labute approximate surface area is 164 Å². The number of rotatable bonds is 6. The monoisotopic (exact) mass is 376 g/mol. The molecule has 0 fully saturated rings. The van der Waals surface area contributed by atoms with Gasteiger partial charge in [0.1, 0.15) is 0 Å². The lowest BCUT2D eigenvalue weighted by Gasteiger charge is -2.15. The van der Waals surface area contributed by atoms with E-state index in [4.69, 9.17) is 4.42 Å². The maximum atomic E-state index is 12.9. The van der Waals surface area contributed by atoms with E-state index in [1.165, 1.54) is 6.26 Å². The van der Waals surface area contributed by atoms with Crippen LogP contribution in [0.25, 0.3) is 0 Å². The Morgan fingerprint density at radius 3 is 2.21 bits per heavy atom. The smallest absolute Gasteiger partial charge is 0.291 e. The first-order valence-corrected chi connectivity index (χ1v) is 9.41. The maximum absolute atomic E-state index is 12.9. The van der Waals surface area contributed by atoms with Crippen molar-refractivity contribution in [2.75, 3.05) is 10.6 Å². The van der Waals surface area contributed by atoms with Gasteiger partial charge in [0, 0.05) is 16.9 Å². The van der Waals surface area contributed by atoms with Crippen LogP contribution in [-0.4, -0.2) is 11.8 Å². The Morgan fingerprint density at radius 2 is 1.61 bits per heavy atom. The van der Waals surface area contributed by atoms with Crippen LogP contribution in [-0.2, 0) is 12.8 Å². The molecule has 2 N–H and O–H groups in total. The van der Waals surface area contributed by atoms with Crippen molar-refractivity contribution in [2.45, 2.75) is 33.6 Å². The van der Waals surface area contributed by atoms with Crippen LogP contribution in [0.1, 0.15) is 51.5 Å². The number of hydrogen-bond acceptors (Lipinski definition) is 3. The van der Waals surface area contributed by atoms with Crippen molar-refractivity contribution in [3.63, 3.8) is 0 Å². The summed E-state index contributed by atoms with van der Waals surface area (Å²) in [6, 6.07) is 14.6. The Balaban J connectivity index is 1.84. The first kappa shape index (κ1) is 19.4. The lowest BCUT2D eigenvalue weighted by molar-refractivity contribution is 0.0993. The number of carbonyl (C=O) groups excluding carboxylic acids is 2. The van der Waals surface area contributed by atoms with Gasteiger partial charge in [-0.3, -0.25) is 9.59 Å². The molecule has 3 rings (SSSR count). The molecular weight excluding hydrogens is 352 g/mol. The zero-order valence-electron chi connectivity index (χ0n) is 16.3. The Hall–Kier alpha value is -3.34. The number of anilines is 2. The number of aryl methyl sites for hydroxylation is 3. The van der Waals surface area contributed by atoms with Gasteiger partial charge in [-0.05, 0) is 60.7 Å². The maximum Gasteiger partial charge on any atom is 0.291 e. The predicted octanol–water partition coefficient (Wildman–Crippen LogP) is 5.22. The van der Waals surface area contributed by atoms with Gasteiger partial charge in [0.25, 0.3) is 11.8 Å². The molecule has 0 aliphatic rings. The fourth-order valence-corrected chi connectivity index (χ4v) is 3.08. The SMILES string of the molecule is CCc1cccc(CC)c1NC(=O)c1ccc(C)c(NC(=O)c2ccco2)c1. The van der Waals surface area contributed by atoms with Crippen LogP contribution in [0.3, 0.4) is 0 Å². The van der Waals surface area contributed by atoms with E-state index in [0.717, 1.165) is 35.2 Å². The van der Waals surface area contributed by atoms with Crippen molar-refractivity contribution in [1.82, 2.24) is 0 Å². The second kappa shape index (κ2) is 8.57. The molecule has 0 radical (unpaired) electrons. The molecule has 1 aromatic heterocycles. The van der Waals surface area contributed by atoms with Crippen LogP contribution in [0, 0.1) is 6.92 Å². The number of furan rings is 1. The minimum absolute atomic E-state index is 0.205.